The van der Waals surface area contributed by atoms with E-state index in [1.54, 1.807) is 7.11 Å². The van der Waals surface area contributed by atoms with E-state index >= 15 is 0 Å². The number of aromatic nitrogens is 1. The van der Waals surface area contributed by atoms with Crippen molar-refractivity contribution in [1.29, 1.82) is 0 Å². The molecule has 0 fully saturated rings. The quantitative estimate of drug-likeness (QED) is 0.653. The second-order valence-electron chi connectivity index (χ2n) is 7.89. The van der Waals surface area contributed by atoms with Crippen LogP contribution >= 0.6 is 0 Å². The van der Waals surface area contributed by atoms with Gasteiger partial charge in [0.05, 0.1) is 23.7 Å². The number of aryl methyl sites for hydroxylation is 2. The maximum Gasteiger partial charge on any atom is 0.231 e. The van der Waals surface area contributed by atoms with Crippen LogP contribution in [0, 0.1) is 5.92 Å². The molecule has 0 bridgehead atoms. The second kappa shape index (κ2) is 7.64. The second-order valence-corrected chi connectivity index (χ2v) is 7.89. The van der Waals surface area contributed by atoms with Gasteiger partial charge >= 0.3 is 0 Å². The van der Waals surface area contributed by atoms with Gasteiger partial charge in [0.25, 0.3) is 0 Å². The van der Waals surface area contributed by atoms with Crippen molar-refractivity contribution in [2.75, 3.05) is 25.8 Å². The minimum Gasteiger partial charge on any atom is -1.00 e. The summed E-state index contributed by atoms with van der Waals surface area (Å²) in [6.07, 6.45) is 3.23. The zero-order valence-corrected chi connectivity index (χ0v) is 17.7. The third-order valence-corrected chi connectivity index (χ3v) is 5.53. The molecule has 29 heavy (non-hydrogen) atoms. The van der Waals surface area contributed by atoms with Gasteiger partial charge in [0.1, 0.15) is 5.75 Å². The molecule has 5 rings (SSSR count). The zero-order chi connectivity index (χ0) is 19.3. The summed E-state index contributed by atoms with van der Waals surface area (Å²) in [5, 5.41) is 5.98. The van der Waals surface area contributed by atoms with Crippen molar-refractivity contribution in [2.45, 2.75) is 26.8 Å². The van der Waals surface area contributed by atoms with Crippen molar-refractivity contribution in [3.8, 4) is 28.5 Å². The van der Waals surface area contributed by atoms with Gasteiger partial charge in [-0.05, 0) is 35.1 Å². The van der Waals surface area contributed by atoms with Crippen LogP contribution < -0.4 is 36.5 Å². The Morgan fingerprint density at radius 3 is 2.69 bits per heavy atom. The molecule has 1 N–H and O–H groups in total. The highest BCUT2D eigenvalue weighted by Crippen LogP contribution is 2.41. The van der Waals surface area contributed by atoms with Gasteiger partial charge in [-0.3, -0.25) is 0 Å². The lowest BCUT2D eigenvalue weighted by Gasteiger charge is -2.18. The van der Waals surface area contributed by atoms with Crippen LogP contribution in [0.2, 0.25) is 0 Å². The highest BCUT2D eigenvalue weighted by Gasteiger charge is 2.28. The molecule has 0 atom stereocenters. The number of benzene rings is 2. The van der Waals surface area contributed by atoms with E-state index in [0.717, 1.165) is 42.4 Å². The molecule has 0 saturated heterocycles. The molecule has 0 radical (unpaired) electrons. The van der Waals surface area contributed by atoms with Crippen LogP contribution in [0.4, 0.5) is 5.69 Å². The Balaban J connectivity index is 0.00000205. The number of rotatable bonds is 4. The van der Waals surface area contributed by atoms with E-state index in [1.807, 2.05) is 6.07 Å². The van der Waals surface area contributed by atoms with Gasteiger partial charge in [-0.15, -0.1) is 0 Å². The lowest BCUT2D eigenvalue weighted by atomic mass is 9.95. The molecule has 0 amide bonds. The minimum absolute atomic E-state index is 0. The normalized spacial score (nSPS) is 13.7. The number of halogens is 1. The zero-order valence-electron chi connectivity index (χ0n) is 16.9. The molecule has 5 nitrogen and oxygen atoms in total. The topological polar surface area (TPSA) is 43.6 Å². The number of nitrogens with one attached hydrogen (secondary N) is 1. The Morgan fingerprint density at radius 2 is 1.93 bits per heavy atom. The fourth-order valence-electron chi connectivity index (χ4n) is 4.08. The lowest BCUT2D eigenvalue weighted by Crippen LogP contribution is -3.00. The Hall–Kier alpha value is -2.66. The molecule has 0 saturated carbocycles. The summed E-state index contributed by atoms with van der Waals surface area (Å²) in [4.78, 5) is 0. The van der Waals surface area contributed by atoms with E-state index in [2.05, 4.69) is 54.2 Å². The SMILES string of the molecule is COc1ccc2cc3[n+](cc2c1NCC(C)C)CCc1cc2c(cc1-3)OCO2.[Cl-]. The van der Waals surface area contributed by atoms with Gasteiger partial charge in [0, 0.05) is 19.0 Å². The van der Waals surface area contributed by atoms with Gasteiger partial charge < -0.3 is 31.9 Å². The third kappa shape index (κ3) is 3.33. The number of hydrogen-bond acceptors (Lipinski definition) is 4. The third-order valence-electron chi connectivity index (χ3n) is 5.53. The number of anilines is 1. The smallest absolute Gasteiger partial charge is 0.231 e. The van der Waals surface area contributed by atoms with Crippen LogP contribution in [-0.4, -0.2) is 20.4 Å². The Kier molecular flexibility index (Phi) is 5.17. The molecule has 2 aliphatic heterocycles. The largest absolute Gasteiger partial charge is 1.00 e. The lowest BCUT2D eigenvalue weighted by molar-refractivity contribution is -0.686. The predicted octanol–water partition coefficient (Wildman–Crippen LogP) is 1.16. The molecule has 2 aliphatic rings. The molecule has 0 spiro atoms. The van der Waals surface area contributed by atoms with Crippen molar-refractivity contribution in [3.05, 3.63) is 42.1 Å². The molecule has 152 valence electrons. The monoisotopic (exact) mass is 412 g/mol. The number of methoxy groups -OCH3 is 1. The molecule has 1 aromatic heterocycles. The molecular weight excluding hydrogens is 388 g/mol. The van der Waals surface area contributed by atoms with Crippen LogP contribution in [0.3, 0.4) is 0 Å². The summed E-state index contributed by atoms with van der Waals surface area (Å²) in [6.45, 7) is 6.58. The van der Waals surface area contributed by atoms with Crippen LogP contribution in [0.5, 0.6) is 17.2 Å². The van der Waals surface area contributed by atoms with Gasteiger partial charge in [-0.25, -0.2) is 0 Å². The van der Waals surface area contributed by atoms with E-state index in [0.29, 0.717) is 12.7 Å². The summed E-state index contributed by atoms with van der Waals surface area (Å²) in [7, 11) is 1.73. The van der Waals surface area contributed by atoms with Crippen LogP contribution in [0.15, 0.2) is 36.5 Å². The molecule has 0 aliphatic carbocycles. The summed E-state index contributed by atoms with van der Waals surface area (Å²) in [6, 6.07) is 10.7. The fourth-order valence-corrected chi connectivity index (χ4v) is 4.08. The molecule has 6 heteroatoms. The standard InChI is InChI=1S/C23H24N2O3.ClH/c1-14(2)11-24-23-18-12-25-7-6-16-9-21-22(28-13-27-21)10-17(16)19(25)8-15(18)4-5-20(23)26-3;/h4-5,8-10,12,14H,6-7,11,13H2,1-3H3;1H. The molecule has 0 unspecified atom stereocenters. The summed E-state index contributed by atoms with van der Waals surface area (Å²) in [5.41, 5.74) is 4.83. The number of nitrogens with zero attached hydrogens (tertiary/aromatic N) is 1. The van der Waals surface area contributed by atoms with E-state index in [9.17, 15) is 0 Å². The highest BCUT2D eigenvalue weighted by atomic mass is 35.5. The maximum absolute atomic E-state index is 5.63. The van der Waals surface area contributed by atoms with E-state index < -0.39 is 0 Å². The fraction of sp³-hybridized carbons (Fsp3) is 0.348. The van der Waals surface area contributed by atoms with Crippen LogP contribution in [0.1, 0.15) is 19.4 Å². The first-order chi connectivity index (χ1) is 13.6. The van der Waals surface area contributed by atoms with Gasteiger partial charge in [-0.1, -0.05) is 19.9 Å². The first kappa shape index (κ1) is 19.6. The number of pyridine rings is 1. The van der Waals surface area contributed by atoms with Crippen molar-refractivity contribution >= 4 is 16.5 Å². The first-order valence-electron chi connectivity index (χ1n) is 9.85. The molecule has 3 heterocycles. The Labute approximate surface area is 177 Å². The van der Waals surface area contributed by atoms with Crippen LogP contribution in [-0.2, 0) is 13.0 Å². The van der Waals surface area contributed by atoms with Gasteiger partial charge in [0.15, 0.2) is 24.2 Å². The number of fused-ring (bicyclic) bond motifs is 5. The Bertz CT molecular complexity index is 1080. The average Bonchev–Trinajstić information content (AvgIpc) is 3.16. The number of ether oxygens (including phenoxy) is 3. The van der Waals surface area contributed by atoms with E-state index in [4.69, 9.17) is 14.2 Å². The Morgan fingerprint density at radius 1 is 1.14 bits per heavy atom. The first-order valence-corrected chi connectivity index (χ1v) is 9.85. The van der Waals surface area contributed by atoms with Gasteiger partial charge in [0.2, 0.25) is 12.5 Å². The maximum atomic E-state index is 5.63. The summed E-state index contributed by atoms with van der Waals surface area (Å²) < 4.78 is 19.1. The average molecular weight is 413 g/mol. The minimum atomic E-state index is 0. The molecule has 2 aromatic carbocycles. The van der Waals surface area contributed by atoms with Crippen molar-refractivity contribution < 1.29 is 31.2 Å². The summed E-state index contributed by atoms with van der Waals surface area (Å²) >= 11 is 0. The predicted molar refractivity (Wildman–Crippen MR) is 109 cm³/mol. The van der Waals surface area contributed by atoms with Crippen LogP contribution in [0.25, 0.3) is 22.0 Å². The highest BCUT2D eigenvalue weighted by molar-refractivity contribution is 5.97. The summed E-state index contributed by atoms with van der Waals surface area (Å²) in [5.74, 6) is 3.13. The van der Waals surface area contributed by atoms with Crippen molar-refractivity contribution in [1.82, 2.24) is 0 Å². The molecule has 3 aromatic rings. The van der Waals surface area contributed by atoms with Crippen molar-refractivity contribution in [3.63, 3.8) is 0 Å². The van der Waals surface area contributed by atoms with E-state index in [1.165, 1.54) is 27.6 Å². The van der Waals surface area contributed by atoms with E-state index in [-0.39, 0.29) is 12.4 Å². The van der Waals surface area contributed by atoms with Gasteiger partial charge in [-0.2, -0.15) is 4.57 Å². The van der Waals surface area contributed by atoms with Crippen molar-refractivity contribution in [2.24, 2.45) is 5.92 Å². The number of hydrogen-bond donors (Lipinski definition) is 1. The molecular formula is C23H25ClN2O3.